The number of carboxylic acid groups (broad SMARTS) is 1. The zero-order valence-corrected chi connectivity index (χ0v) is 17.3. The number of benzene rings is 2. The highest BCUT2D eigenvalue weighted by Crippen LogP contribution is 2.55. The Morgan fingerprint density at radius 1 is 1.22 bits per heavy atom. The van der Waals surface area contributed by atoms with Gasteiger partial charge in [-0.1, -0.05) is 29.3 Å². The van der Waals surface area contributed by atoms with Crippen molar-refractivity contribution in [2.45, 2.75) is 37.6 Å². The molecule has 1 unspecified atom stereocenters. The summed E-state index contributed by atoms with van der Waals surface area (Å²) >= 11 is 13.5. The van der Waals surface area contributed by atoms with Gasteiger partial charge in [0.25, 0.3) is 0 Å². The van der Waals surface area contributed by atoms with Crippen LogP contribution in [0.25, 0.3) is 0 Å². The Morgan fingerprint density at radius 3 is 2.37 bits per heavy atom. The fourth-order valence-corrected chi connectivity index (χ4v) is 4.88. The lowest BCUT2D eigenvalue weighted by Gasteiger charge is -2.37. The molecule has 0 aliphatic carbocycles. The summed E-state index contributed by atoms with van der Waals surface area (Å²) in [6.45, 7) is 4.77. The third kappa shape index (κ3) is 3.73. The van der Waals surface area contributed by atoms with E-state index in [1.54, 1.807) is 43.3 Å². The van der Waals surface area contributed by atoms with Gasteiger partial charge in [-0.3, -0.25) is 0 Å². The number of hydrogen-bond donors (Lipinski definition) is 1. The van der Waals surface area contributed by atoms with Crippen LogP contribution >= 0.6 is 35.1 Å². The molecule has 0 aromatic heterocycles. The van der Waals surface area contributed by atoms with E-state index in [2.05, 4.69) is 4.40 Å². The first kappa shape index (κ1) is 20.2. The lowest BCUT2D eigenvalue weighted by atomic mass is 9.80. The topological polar surface area (TPSA) is 49.7 Å². The first-order valence-electron chi connectivity index (χ1n) is 8.28. The Hall–Kier alpha value is -1.56. The molecule has 3 nitrogen and oxygen atoms in total. The predicted molar refractivity (Wildman–Crippen MR) is 110 cm³/mol. The van der Waals surface area contributed by atoms with E-state index in [0.29, 0.717) is 33.3 Å². The smallest absolute Gasteiger partial charge is 0.335 e. The van der Waals surface area contributed by atoms with Crippen molar-refractivity contribution in [1.29, 1.82) is 0 Å². The molecule has 0 saturated carbocycles. The van der Waals surface area contributed by atoms with Gasteiger partial charge in [0, 0.05) is 16.5 Å². The van der Waals surface area contributed by atoms with Crippen LogP contribution in [0.4, 0.5) is 4.39 Å². The molecule has 2 aromatic rings. The summed E-state index contributed by atoms with van der Waals surface area (Å²) in [5.41, 5.74) is 1.44. The Balaban J connectivity index is 2.02. The number of aromatic carboxylic acids is 1. The summed E-state index contributed by atoms with van der Waals surface area (Å²) in [5, 5.41) is 10.1. The molecule has 142 valence electrons. The monoisotopic (exact) mass is 425 g/mol. The van der Waals surface area contributed by atoms with E-state index in [1.165, 1.54) is 25.8 Å². The van der Waals surface area contributed by atoms with Gasteiger partial charge in [0.1, 0.15) is 10.4 Å². The molecule has 1 heterocycles. The number of carbonyl (C=O) groups is 1. The van der Waals surface area contributed by atoms with Crippen molar-refractivity contribution in [1.82, 2.24) is 0 Å². The fraction of sp³-hybridized carbons (Fsp3) is 0.300. The van der Waals surface area contributed by atoms with Crippen molar-refractivity contribution in [3.8, 4) is 0 Å². The van der Waals surface area contributed by atoms with Gasteiger partial charge in [-0.25, -0.2) is 13.6 Å². The third-order valence-electron chi connectivity index (χ3n) is 4.81. The summed E-state index contributed by atoms with van der Waals surface area (Å²) in [4.78, 5) is 11.2. The molecule has 0 bridgehead atoms. The first-order valence-corrected chi connectivity index (χ1v) is 9.81. The highest BCUT2D eigenvalue weighted by molar-refractivity contribution is 7.99. The van der Waals surface area contributed by atoms with Gasteiger partial charge >= 0.3 is 5.97 Å². The van der Waals surface area contributed by atoms with Gasteiger partial charge in [-0.2, -0.15) is 0 Å². The second-order valence-corrected chi connectivity index (χ2v) is 9.03. The standard InChI is InChI=1S/C20H18Cl2FNO2S/c1-11-6-12(4-5-16(11)18(25)26)17-10-20(27-24-17,19(2,3)23)13-7-14(21)9-15(22)8-13/h4-9H,10H2,1-3H3,(H,25,26). The molecule has 3 rings (SSSR count). The van der Waals surface area contributed by atoms with Gasteiger partial charge in [0.2, 0.25) is 0 Å². The number of hydrogen-bond acceptors (Lipinski definition) is 3. The maximum atomic E-state index is 15.4. The van der Waals surface area contributed by atoms with Crippen molar-refractivity contribution in [3.05, 3.63) is 68.7 Å². The van der Waals surface area contributed by atoms with Crippen LogP contribution in [0, 0.1) is 6.92 Å². The minimum atomic E-state index is -1.60. The van der Waals surface area contributed by atoms with Gasteiger partial charge in [-0.05, 0) is 79.7 Å². The van der Waals surface area contributed by atoms with E-state index in [1.807, 2.05) is 0 Å². The highest BCUT2D eigenvalue weighted by Gasteiger charge is 2.52. The fourth-order valence-electron chi connectivity index (χ4n) is 3.27. The molecular formula is C20H18Cl2FNO2S. The quantitative estimate of drug-likeness (QED) is 0.569. The summed E-state index contributed by atoms with van der Waals surface area (Å²) < 4.78 is 18.9. The lowest BCUT2D eigenvalue weighted by molar-refractivity contribution is 0.0696. The van der Waals surface area contributed by atoms with Crippen molar-refractivity contribution in [2.24, 2.45) is 4.40 Å². The lowest BCUT2D eigenvalue weighted by Crippen LogP contribution is -2.40. The minimum Gasteiger partial charge on any atom is -0.478 e. The molecule has 2 aromatic carbocycles. The average molecular weight is 426 g/mol. The van der Waals surface area contributed by atoms with Crippen LogP contribution in [-0.2, 0) is 4.75 Å². The van der Waals surface area contributed by atoms with Crippen molar-refractivity contribution in [2.75, 3.05) is 0 Å². The minimum absolute atomic E-state index is 0.240. The van der Waals surface area contributed by atoms with E-state index in [0.717, 1.165) is 5.56 Å². The van der Waals surface area contributed by atoms with Gasteiger partial charge < -0.3 is 5.11 Å². The molecule has 1 N–H and O–H groups in total. The molecule has 0 spiro atoms. The summed E-state index contributed by atoms with van der Waals surface area (Å²) in [6, 6.07) is 10.1. The zero-order valence-electron chi connectivity index (χ0n) is 15.0. The van der Waals surface area contributed by atoms with Crippen molar-refractivity contribution < 1.29 is 14.3 Å². The average Bonchev–Trinajstić information content (AvgIpc) is 3.00. The Kier molecular flexibility index (Phi) is 5.32. The van der Waals surface area contributed by atoms with Gasteiger partial charge in [0.15, 0.2) is 0 Å². The second-order valence-electron chi connectivity index (χ2n) is 7.10. The molecule has 1 aliphatic heterocycles. The molecular weight excluding hydrogens is 408 g/mol. The zero-order chi connectivity index (χ0) is 20.0. The molecule has 7 heteroatoms. The maximum Gasteiger partial charge on any atom is 0.335 e. The molecule has 0 radical (unpaired) electrons. The van der Waals surface area contributed by atoms with E-state index in [4.69, 9.17) is 23.2 Å². The Morgan fingerprint density at radius 2 is 1.85 bits per heavy atom. The van der Waals surface area contributed by atoms with Gasteiger partial charge in [-0.15, -0.1) is 0 Å². The van der Waals surface area contributed by atoms with Crippen LogP contribution in [-0.4, -0.2) is 22.5 Å². The van der Waals surface area contributed by atoms with Crippen LogP contribution in [0.15, 0.2) is 40.8 Å². The predicted octanol–water partition coefficient (Wildman–Crippen LogP) is 6.48. The molecule has 1 atom stereocenters. The van der Waals surface area contributed by atoms with Crippen molar-refractivity contribution in [3.63, 3.8) is 0 Å². The SMILES string of the molecule is Cc1cc(C2=NSC(c3cc(Cl)cc(Cl)c3)(C(C)(C)F)C2)ccc1C(=O)O. The van der Waals surface area contributed by atoms with Crippen LogP contribution in [0.3, 0.4) is 0 Å². The van der Waals surface area contributed by atoms with Crippen LogP contribution in [0.1, 0.15) is 47.3 Å². The van der Waals surface area contributed by atoms with E-state index >= 15 is 4.39 Å². The van der Waals surface area contributed by atoms with Crippen molar-refractivity contribution >= 4 is 46.8 Å². The number of aryl methyl sites for hydroxylation is 1. The number of nitrogens with zero attached hydrogens (tertiary/aromatic N) is 1. The third-order valence-corrected chi connectivity index (χ3v) is 6.73. The van der Waals surface area contributed by atoms with Gasteiger partial charge in [0.05, 0.1) is 11.3 Å². The maximum absolute atomic E-state index is 15.4. The molecule has 27 heavy (non-hydrogen) atoms. The largest absolute Gasteiger partial charge is 0.478 e. The molecule has 0 fully saturated rings. The number of halogens is 3. The highest BCUT2D eigenvalue weighted by atomic mass is 35.5. The summed E-state index contributed by atoms with van der Waals surface area (Å²) in [6.07, 6.45) is 0.337. The number of alkyl halides is 1. The Labute approximate surface area is 171 Å². The normalized spacial score (nSPS) is 19.9. The van der Waals surface area contributed by atoms with E-state index in [-0.39, 0.29) is 5.56 Å². The van der Waals surface area contributed by atoms with Crippen LogP contribution < -0.4 is 0 Å². The van der Waals surface area contributed by atoms with E-state index in [9.17, 15) is 9.90 Å². The number of carboxylic acids is 1. The summed E-state index contributed by atoms with van der Waals surface area (Å²) in [7, 11) is 0. The Bertz CT molecular complexity index is 935. The second kappa shape index (κ2) is 7.12. The molecule has 0 amide bonds. The number of rotatable bonds is 4. The van der Waals surface area contributed by atoms with Crippen LogP contribution in [0.2, 0.25) is 10.0 Å². The summed E-state index contributed by atoms with van der Waals surface area (Å²) in [5.74, 6) is -0.977. The molecule has 0 saturated heterocycles. The molecule has 1 aliphatic rings. The van der Waals surface area contributed by atoms with Crippen LogP contribution in [0.5, 0.6) is 0 Å². The van der Waals surface area contributed by atoms with E-state index < -0.39 is 16.4 Å². The first-order chi connectivity index (χ1) is 12.5.